The van der Waals surface area contributed by atoms with Crippen molar-refractivity contribution in [2.24, 2.45) is 5.10 Å². The number of methoxy groups -OCH3 is 1. The first kappa shape index (κ1) is 25.4. The van der Waals surface area contributed by atoms with Gasteiger partial charge < -0.3 is 10.1 Å². The number of hydrogen-bond acceptors (Lipinski definition) is 6. The van der Waals surface area contributed by atoms with Gasteiger partial charge in [0.25, 0.3) is 15.9 Å². The van der Waals surface area contributed by atoms with E-state index in [4.69, 9.17) is 4.74 Å². The highest BCUT2D eigenvalue weighted by Gasteiger charge is 2.27. The van der Waals surface area contributed by atoms with Crippen molar-refractivity contribution < 1.29 is 22.7 Å². The van der Waals surface area contributed by atoms with Crippen molar-refractivity contribution in [3.05, 3.63) is 84.4 Å². The summed E-state index contributed by atoms with van der Waals surface area (Å²) in [6.07, 6.45) is 0. The summed E-state index contributed by atoms with van der Waals surface area (Å²) in [6, 6.07) is 21.3. The number of nitrogens with one attached hydrogen (secondary N) is 2. The standard InChI is InChI=1S/C25H26N4O5S/c1-18(20-7-5-4-6-8-20)27-28-25(31)17-29(22-11-13-23(34-3)14-12-22)35(32,33)24-15-9-21(10-16-24)26-19(2)30/h4-16H,17H2,1-3H3,(H,26,30)(H,28,31)/b27-18-. The molecule has 182 valence electrons. The van der Waals surface area contributed by atoms with Gasteiger partial charge >= 0.3 is 0 Å². The van der Waals surface area contributed by atoms with Crippen molar-refractivity contribution >= 4 is 38.9 Å². The molecule has 2 N–H and O–H groups in total. The lowest BCUT2D eigenvalue weighted by molar-refractivity contribution is -0.119. The second-order valence-corrected chi connectivity index (χ2v) is 9.38. The number of ether oxygens (including phenoxy) is 1. The molecular weight excluding hydrogens is 468 g/mol. The van der Waals surface area contributed by atoms with E-state index in [1.54, 1.807) is 31.2 Å². The van der Waals surface area contributed by atoms with Gasteiger partial charge in [0, 0.05) is 12.6 Å². The Morgan fingerprint density at radius 2 is 1.54 bits per heavy atom. The van der Waals surface area contributed by atoms with Gasteiger partial charge in [-0.05, 0) is 61.0 Å². The van der Waals surface area contributed by atoms with Gasteiger partial charge in [-0.3, -0.25) is 13.9 Å². The second-order valence-electron chi connectivity index (χ2n) is 7.51. The number of amides is 2. The number of carbonyl (C=O) groups excluding carboxylic acids is 2. The normalized spacial score (nSPS) is 11.5. The minimum Gasteiger partial charge on any atom is -0.497 e. The van der Waals surface area contributed by atoms with Crippen LogP contribution in [0.3, 0.4) is 0 Å². The smallest absolute Gasteiger partial charge is 0.264 e. The fourth-order valence-electron chi connectivity index (χ4n) is 3.16. The van der Waals surface area contributed by atoms with E-state index in [0.717, 1.165) is 9.87 Å². The minimum atomic E-state index is -4.13. The van der Waals surface area contributed by atoms with Gasteiger partial charge in [-0.15, -0.1) is 0 Å². The zero-order valence-electron chi connectivity index (χ0n) is 19.6. The zero-order chi connectivity index (χ0) is 25.4. The van der Waals surface area contributed by atoms with Crippen molar-refractivity contribution in [2.75, 3.05) is 23.3 Å². The molecule has 0 spiro atoms. The van der Waals surface area contributed by atoms with Gasteiger partial charge in [-0.2, -0.15) is 5.10 Å². The van der Waals surface area contributed by atoms with Crippen LogP contribution in [0.1, 0.15) is 19.4 Å². The summed E-state index contributed by atoms with van der Waals surface area (Å²) in [5, 5.41) is 6.69. The van der Waals surface area contributed by atoms with Crippen LogP contribution >= 0.6 is 0 Å². The van der Waals surface area contributed by atoms with E-state index in [1.165, 1.54) is 38.3 Å². The molecule has 3 aromatic rings. The van der Waals surface area contributed by atoms with Gasteiger partial charge in [0.15, 0.2) is 0 Å². The zero-order valence-corrected chi connectivity index (χ0v) is 20.4. The number of rotatable bonds is 9. The van der Waals surface area contributed by atoms with Crippen molar-refractivity contribution in [1.29, 1.82) is 0 Å². The van der Waals surface area contributed by atoms with E-state index in [1.807, 2.05) is 30.3 Å². The second kappa shape index (κ2) is 11.3. The Morgan fingerprint density at radius 3 is 2.11 bits per heavy atom. The lowest BCUT2D eigenvalue weighted by Crippen LogP contribution is -2.39. The maximum atomic E-state index is 13.5. The molecule has 10 heteroatoms. The molecule has 0 heterocycles. The van der Waals surface area contributed by atoms with Crippen LogP contribution in [0.4, 0.5) is 11.4 Å². The number of hydrogen-bond donors (Lipinski definition) is 2. The molecule has 0 aliphatic heterocycles. The molecule has 35 heavy (non-hydrogen) atoms. The van der Waals surface area contributed by atoms with Crippen LogP contribution in [-0.4, -0.2) is 39.6 Å². The van der Waals surface area contributed by atoms with Gasteiger partial charge in [0.05, 0.1) is 23.4 Å². The molecule has 0 radical (unpaired) electrons. The number of carbonyl (C=O) groups is 2. The van der Waals surface area contributed by atoms with E-state index in [0.29, 0.717) is 17.1 Å². The summed E-state index contributed by atoms with van der Waals surface area (Å²) >= 11 is 0. The third-order valence-electron chi connectivity index (χ3n) is 4.95. The third kappa shape index (κ3) is 6.67. The number of anilines is 2. The minimum absolute atomic E-state index is 0.0424. The molecule has 3 aromatic carbocycles. The summed E-state index contributed by atoms with van der Waals surface area (Å²) in [5.74, 6) is -0.351. The van der Waals surface area contributed by atoms with Crippen molar-refractivity contribution in [3.8, 4) is 5.75 Å². The van der Waals surface area contributed by atoms with E-state index in [2.05, 4.69) is 15.8 Å². The van der Waals surface area contributed by atoms with Gasteiger partial charge in [-0.25, -0.2) is 13.8 Å². The Morgan fingerprint density at radius 1 is 0.914 bits per heavy atom. The monoisotopic (exact) mass is 494 g/mol. The number of sulfonamides is 1. The highest BCUT2D eigenvalue weighted by Crippen LogP contribution is 2.26. The van der Waals surface area contributed by atoms with E-state index in [-0.39, 0.29) is 16.5 Å². The number of nitrogens with zero attached hydrogens (tertiary/aromatic N) is 2. The summed E-state index contributed by atoms with van der Waals surface area (Å²) in [6.45, 7) is 2.59. The Bertz CT molecular complexity index is 1310. The molecule has 0 aliphatic rings. The quantitative estimate of drug-likeness (QED) is 0.349. The Hall–Kier alpha value is -4.18. The van der Waals surface area contributed by atoms with E-state index in [9.17, 15) is 18.0 Å². The Kier molecular flexibility index (Phi) is 8.21. The summed E-state index contributed by atoms with van der Waals surface area (Å²) < 4.78 is 33.2. The van der Waals surface area contributed by atoms with Crippen molar-refractivity contribution in [2.45, 2.75) is 18.7 Å². The molecule has 0 aliphatic carbocycles. The average Bonchev–Trinajstić information content (AvgIpc) is 2.86. The predicted molar refractivity (Wildman–Crippen MR) is 135 cm³/mol. The molecule has 3 rings (SSSR count). The van der Waals surface area contributed by atoms with Gasteiger partial charge in [0.1, 0.15) is 12.3 Å². The predicted octanol–water partition coefficient (Wildman–Crippen LogP) is 3.39. The maximum absolute atomic E-state index is 13.5. The Balaban J connectivity index is 1.88. The fraction of sp³-hybridized carbons (Fsp3) is 0.160. The van der Waals surface area contributed by atoms with Crippen LogP contribution in [0, 0.1) is 0 Å². The summed E-state index contributed by atoms with van der Waals surface area (Å²) in [5.41, 5.74) is 4.56. The van der Waals surface area contributed by atoms with Crippen LogP contribution in [0.25, 0.3) is 0 Å². The molecule has 2 amide bonds. The van der Waals surface area contributed by atoms with Crippen LogP contribution in [-0.2, 0) is 19.6 Å². The molecule has 0 saturated heterocycles. The topological polar surface area (TPSA) is 117 Å². The molecule has 0 saturated carbocycles. The van der Waals surface area contributed by atoms with E-state index < -0.39 is 22.5 Å². The van der Waals surface area contributed by atoms with Crippen LogP contribution < -0.4 is 19.8 Å². The lowest BCUT2D eigenvalue weighted by atomic mass is 10.1. The molecule has 0 fully saturated rings. The highest BCUT2D eigenvalue weighted by atomic mass is 32.2. The molecular formula is C25H26N4O5S. The first-order valence-corrected chi connectivity index (χ1v) is 12.1. The summed E-state index contributed by atoms with van der Waals surface area (Å²) in [4.78, 5) is 24.0. The average molecular weight is 495 g/mol. The fourth-order valence-corrected chi connectivity index (χ4v) is 4.58. The number of benzene rings is 3. The lowest BCUT2D eigenvalue weighted by Gasteiger charge is -2.24. The van der Waals surface area contributed by atoms with Gasteiger partial charge in [-0.1, -0.05) is 30.3 Å². The molecule has 0 aromatic heterocycles. The summed E-state index contributed by atoms with van der Waals surface area (Å²) in [7, 11) is -2.63. The number of hydrazone groups is 1. The Labute approximate surface area is 204 Å². The molecule has 0 atom stereocenters. The largest absolute Gasteiger partial charge is 0.497 e. The third-order valence-corrected chi connectivity index (χ3v) is 6.74. The molecule has 9 nitrogen and oxygen atoms in total. The SMILES string of the molecule is COc1ccc(N(CC(=O)N/N=C(/C)c2ccccc2)S(=O)(=O)c2ccc(NC(C)=O)cc2)cc1. The van der Waals surface area contributed by atoms with Crippen LogP contribution in [0.15, 0.2) is 88.9 Å². The molecule has 0 unspecified atom stereocenters. The first-order chi connectivity index (χ1) is 16.7. The first-order valence-electron chi connectivity index (χ1n) is 10.6. The van der Waals surface area contributed by atoms with Gasteiger partial charge in [0.2, 0.25) is 5.91 Å². The highest BCUT2D eigenvalue weighted by molar-refractivity contribution is 7.92. The van der Waals surface area contributed by atoms with Crippen molar-refractivity contribution in [1.82, 2.24) is 5.43 Å². The van der Waals surface area contributed by atoms with Crippen LogP contribution in [0.5, 0.6) is 5.75 Å². The van der Waals surface area contributed by atoms with Crippen LogP contribution in [0.2, 0.25) is 0 Å². The van der Waals surface area contributed by atoms with E-state index >= 15 is 0 Å². The molecule has 0 bridgehead atoms. The maximum Gasteiger partial charge on any atom is 0.264 e. The van der Waals surface area contributed by atoms with Crippen molar-refractivity contribution in [3.63, 3.8) is 0 Å².